The molecule has 1 rings (SSSR count). The van der Waals surface area contributed by atoms with Gasteiger partial charge in [0, 0.05) is 15.7 Å². The van der Waals surface area contributed by atoms with E-state index < -0.39 is 0 Å². The second kappa shape index (κ2) is 5.36. The van der Waals surface area contributed by atoms with Crippen LogP contribution in [0.5, 0.6) is 0 Å². The highest BCUT2D eigenvalue weighted by molar-refractivity contribution is 9.10. The van der Waals surface area contributed by atoms with Crippen LogP contribution in [0.15, 0.2) is 22.7 Å². The topological polar surface area (TPSA) is 35.8 Å². The Balaban J connectivity index is 2.97. The van der Waals surface area contributed by atoms with E-state index in [1.54, 1.807) is 0 Å². The zero-order valence-electron chi connectivity index (χ0n) is 9.97. The molecule has 0 heterocycles. The average molecular weight is 281 g/mol. The first-order valence-electron chi connectivity index (χ1n) is 5.52. The van der Waals surface area contributed by atoms with Gasteiger partial charge < -0.3 is 5.32 Å². The smallest absolute Gasteiger partial charge is 0.0992 e. The Labute approximate surface area is 106 Å². The molecule has 3 heteroatoms. The summed E-state index contributed by atoms with van der Waals surface area (Å²) in [6.45, 7) is 6.53. The summed E-state index contributed by atoms with van der Waals surface area (Å²) in [5.74, 6) is 0. The van der Waals surface area contributed by atoms with Crippen LogP contribution in [0.25, 0.3) is 0 Å². The number of benzene rings is 1. The van der Waals surface area contributed by atoms with Gasteiger partial charge in [-0.3, -0.25) is 0 Å². The molecule has 0 aliphatic heterocycles. The molecule has 0 bridgehead atoms. The van der Waals surface area contributed by atoms with Crippen molar-refractivity contribution >= 4 is 21.6 Å². The number of halogens is 1. The van der Waals surface area contributed by atoms with Crippen molar-refractivity contribution in [3.63, 3.8) is 0 Å². The van der Waals surface area contributed by atoms with Gasteiger partial charge in [0.25, 0.3) is 0 Å². The minimum Gasteiger partial charge on any atom is -0.380 e. The molecule has 1 aromatic carbocycles. The molecule has 0 aliphatic carbocycles. The summed E-state index contributed by atoms with van der Waals surface area (Å²) in [6, 6.07) is 7.87. The van der Waals surface area contributed by atoms with E-state index in [1.165, 1.54) is 0 Å². The summed E-state index contributed by atoms with van der Waals surface area (Å²) >= 11 is 3.41. The first-order chi connectivity index (χ1) is 7.53. The van der Waals surface area contributed by atoms with Gasteiger partial charge >= 0.3 is 0 Å². The molecule has 0 radical (unpaired) electrons. The number of nitriles is 1. The van der Waals surface area contributed by atoms with Crippen LogP contribution in [0.2, 0.25) is 0 Å². The van der Waals surface area contributed by atoms with Crippen LogP contribution >= 0.6 is 15.9 Å². The van der Waals surface area contributed by atoms with Crippen molar-refractivity contribution in [1.82, 2.24) is 0 Å². The highest BCUT2D eigenvalue weighted by atomic mass is 79.9. The number of hydrogen-bond donors (Lipinski definition) is 1. The van der Waals surface area contributed by atoms with Crippen LogP contribution in [0.3, 0.4) is 0 Å². The minimum atomic E-state index is 0.0908. The summed E-state index contributed by atoms with van der Waals surface area (Å²) in [5, 5.41) is 12.4. The minimum absolute atomic E-state index is 0.0908. The van der Waals surface area contributed by atoms with E-state index in [2.05, 4.69) is 48.1 Å². The molecule has 0 fully saturated rings. The van der Waals surface area contributed by atoms with E-state index >= 15 is 0 Å². The van der Waals surface area contributed by atoms with Gasteiger partial charge in [-0.2, -0.15) is 5.26 Å². The maximum absolute atomic E-state index is 8.90. The molecule has 86 valence electrons. The quantitative estimate of drug-likeness (QED) is 0.892. The molecule has 0 amide bonds. The van der Waals surface area contributed by atoms with Crippen molar-refractivity contribution in [2.24, 2.45) is 0 Å². The Kier molecular flexibility index (Phi) is 4.37. The molecule has 1 N–H and O–H groups in total. The molecule has 16 heavy (non-hydrogen) atoms. The molecule has 0 spiro atoms. The summed E-state index contributed by atoms with van der Waals surface area (Å²) in [4.78, 5) is 0. The molecule has 0 saturated carbocycles. The third-order valence-electron chi connectivity index (χ3n) is 3.03. The molecule has 1 aromatic rings. The van der Waals surface area contributed by atoms with Crippen molar-refractivity contribution in [2.75, 3.05) is 5.32 Å². The van der Waals surface area contributed by atoms with Gasteiger partial charge in [0.2, 0.25) is 0 Å². The summed E-state index contributed by atoms with van der Waals surface area (Å²) in [5.41, 5.74) is 1.76. The maximum atomic E-state index is 8.90. The van der Waals surface area contributed by atoms with E-state index in [-0.39, 0.29) is 5.54 Å². The molecule has 0 aromatic heterocycles. The van der Waals surface area contributed by atoms with Gasteiger partial charge in [-0.05, 0) is 38.0 Å². The number of hydrogen-bond acceptors (Lipinski definition) is 2. The largest absolute Gasteiger partial charge is 0.380 e. The van der Waals surface area contributed by atoms with Crippen molar-refractivity contribution in [3.8, 4) is 6.07 Å². The SMILES string of the molecule is CCC(C)(CC)Nc1cc(Br)cc(C#N)c1. The molecule has 0 saturated heterocycles. The Morgan fingerprint density at radius 1 is 1.31 bits per heavy atom. The fourth-order valence-electron chi connectivity index (χ4n) is 1.50. The fraction of sp³-hybridized carbons (Fsp3) is 0.462. The van der Waals surface area contributed by atoms with Crippen LogP contribution in [0.1, 0.15) is 39.2 Å². The third-order valence-corrected chi connectivity index (χ3v) is 3.49. The molecule has 0 atom stereocenters. The monoisotopic (exact) mass is 280 g/mol. The summed E-state index contributed by atoms with van der Waals surface area (Å²) in [6.07, 6.45) is 2.11. The maximum Gasteiger partial charge on any atom is 0.0992 e. The van der Waals surface area contributed by atoms with E-state index in [9.17, 15) is 0 Å². The lowest BCUT2D eigenvalue weighted by atomic mass is 9.95. The van der Waals surface area contributed by atoms with Crippen LogP contribution in [0, 0.1) is 11.3 Å². The molecule has 0 unspecified atom stereocenters. The van der Waals surface area contributed by atoms with Gasteiger partial charge in [0.1, 0.15) is 0 Å². The summed E-state index contributed by atoms with van der Waals surface area (Å²) in [7, 11) is 0. The lowest BCUT2D eigenvalue weighted by Gasteiger charge is -2.29. The normalized spacial score (nSPS) is 10.9. The van der Waals surface area contributed by atoms with Gasteiger partial charge in [0.05, 0.1) is 11.6 Å². The van der Waals surface area contributed by atoms with Gasteiger partial charge in [-0.15, -0.1) is 0 Å². The predicted molar refractivity (Wildman–Crippen MR) is 71.5 cm³/mol. The van der Waals surface area contributed by atoms with Crippen molar-refractivity contribution in [3.05, 3.63) is 28.2 Å². The Morgan fingerprint density at radius 3 is 2.44 bits per heavy atom. The number of nitrogens with one attached hydrogen (secondary N) is 1. The van der Waals surface area contributed by atoms with E-state index in [0.29, 0.717) is 5.56 Å². The van der Waals surface area contributed by atoms with Crippen molar-refractivity contribution in [2.45, 2.75) is 39.2 Å². The van der Waals surface area contributed by atoms with Gasteiger partial charge in [-0.1, -0.05) is 29.8 Å². The lowest BCUT2D eigenvalue weighted by Crippen LogP contribution is -2.32. The highest BCUT2D eigenvalue weighted by Gasteiger charge is 2.19. The second-order valence-corrected chi connectivity index (χ2v) is 5.15. The van der Waals surface area contributed by atoms with Crippen LogP contribution in [-0.2, 0) is 0 Å². The van der Waals surface area contributed by atoms with Crippen LogP contribution in [0.4, 0.5) is 5.69 Å². The first-order valence-corrected chi connectivity index (χ1v) is 6.31. The van der Waals surface area contributed by atoms with E-state index in [0.717, 1.165) is 23.0 Å². The van der Waals surface area contributed by atoms with Crippen LogP contribution < -0.4 is 5.32 Å². The highest BCUT2D eigenvalue weighted by Crippen LogP contribution is 2.25. The van der Waals surface area contributed by atoms with Crippen molar-refractivity contribution in [1.29, 1.82) is 5.26 Å². The molecular formula is C13H17BrN2. The lowest BCUT2D eigenvalue weighted by molar-refractivity contribution is 0.478. The average Bonchev–Trinajstić information content (AvgIpc) is 2.28. The number of nitrogens with zero attached hydrogens (tertiary/aromatic N) is 1. The predicted octanol–water partition coefficient (Wildman–Crippen LogP) is 4.31. The Morgan fingerprint density at radius 2 is 1.94 bits per heavy atom. The second-order valence-electron chi connectivity index (χ2n) is 4.23. The zero-order valence-corrected chi connectivity index (χ0v) is 11.6. The molecule has 2 nitrogen and oxygen atoms in total. The van der Waals surface area contributed by atoms with Crippen molar-refractivity contribution < 1.29 is 0 Å². The Bertz CT molecular complexity index is 403. The van der Waals surface area contributed by atoms with Gasteiger partial charge in [0.15, 0.2) is 0 Å². The number of anilines is 1. The number of rotatable bonds is 4. The molecular weight excluding hydrogens is 264 g/mol. The first kappa shape index (κ1) is 13.1. The zero-order chi connectivity index (χ0) is 12.2. The van der Waals surface area contributed by atoms with E-state index in [1.807, 2.05) is 18.2 Å². The third kappa shape index (κ3) is 3.24. The standard InChI is InChI=1S/C13H17BrN2/c1-4-13(3,5-2)16-12-7-10(9-15)6-11(14)8-12/h6-8,16H,4-5H2,1-3H3. The van der Waals surface area contributed by atoms with E-state index in [4.69, 9.17) is 5.26 Å². The van der Waals surface area contributed by atoms with Crippen LogP contribution in [-0.4, -0.2) is 5.54 Å². The van der Waals surface area contributed by atoms with Gasteiger partial charge in [-0.25, -0.2) is 0 Å². The Hall–Kier alpha value is -1.01. The fourth-order valence-corrected chi connectivity index (χ4v) is 1.99. The molecule has 0 aliphatic rings. The summed E-state index contributed by atoms with van der Waals surface area (Å²) < 4.78 is 0.934.